The van der Waals surface area contributed by atoms with E-state index >= 15 is 0 Å². The summed E-state index contributed by atoms with van der Waals surface area (Å²) in [6, 6.07) is 17.6. The van der Waals surface area contributed by atoms with Crippen molar-refractivity contribution in [2.75, 3.05) is 12.3 Å². The first-order valence-corrected chi connectivity index (χ1v) is 10.1. The molecule has 6 heteroatoms. The van der Waals surface area contributed by atoms with Gasteiger partial charge >= 0.3 is 6.03 Å². The van der Waals surface area contributed by atoms with Crippen molar-refractivity contribution < 1.29 is 13.2 Å². The third-order valence-electron chi connectivity index (χ3n) is 4.44. The molecular formula is C19H22N2O3S. The second-order valence-corrected chi connectivity index (χ2v) is 8.26. The molecule has 0 aliphatic carbocycles. The maximum atomic E-state index is 12.6. The summed E-state index contributed by atoms with van der Waals surface area (Å²) in [4.78, 5) is 14.4. The van der Waals surface area contributed by atoms with Gasteiger partial charge in [-0.1, -0.05) is 48.5 Å². The van der Waals surface area contributed by atoms with Gasteiger partial charge in [-0.15, -0.1) is 0 Å². The summed E-state index contributed by atoms with van der Waals surface area (Å²) in [5.74, 6) is -0.0320. The van der Waals surface area contributed by atoms with Gasteiger partial charge in [0.2, 0.25) is 0 Å². The number of amides is 2. The fourth-order valence-electron chi connectivity index (χ4n) is 3.13. The summed E-state index contributed by atoms with van der Waals surface area (Å²) in [6.45, 7) is 1.03. The van der Waals surface area contributed by atoms with Crippen molar-refractivity contribution in [3.63, 3.8) is 0 Å². The lowest BCUT2D eigenvalue weighted by atomic mass is 10.2. The molecule has 1 unspecified atom stereocenters. The van der Waals surface area contributed by atoms with Gasteiger partial charge in [0, 0.05) is 19.1 Å². The largest absolute Gasteiger partial charge is 0.334 e. The molecular weight excluding hydrogens is 336 g/mol. The van der Waals surface area contributed by atoms with E-state index in [2.05, 4.69) is 5.32 Å². The molecule has 1 heterocycles. The Hall–Kier alpha value is -2.34. The van der Waals surface area contributed by atoms with Gasteiger partial charge in [-0.05, 0) is 30.5 Å². The number of rotatable bonds is 5. The van der Waals surface area contributed by atoms with Gasteiger partial charge in [-0.2, -0.15) is 0 Å². The average Bonchev–Trinajstić information content (AvgIpc) is 3.09. The molecule has 0 aromatic heterocycles. The molecule has 2 amide bonds. The van der Waals surface area contributed by atoms with E-state index in [0.29, 0.717) is 24.4 Å². The van der Waals surface area contributed by atoms with E-state index in [4.69, 9.17) is 0 Å². The zero-order valence-corrected chi connectivity index (χ0v) is 14.8. The Kier molecular flexibility index (Phi) is 5.38. The standard InChI is InChI=1S/C19H22N2O3S/c22-19(20-14-16-8-3-1-4-9-16)21-13-7-10-17(21)15-25(23,24)18-11-5-2-6-12-18/h1-6,8-9,11-12,17H,7,10,13-15H2,(H,20,22). The zero-order valence-electron chi connectivity index (χ0n) is 14.0. The van der Waals surface area contributed by atoms with Crippen LogP contribution in [0.3, 0.4) is 0 Å². The van der Waals surface area contributed by atoms with Crippen molar-refractivity contribution in [1.82, 2.24) is 10.2 Å². The SMILES string of the molecule is O=C(NCc1ccccc1)N1CCCC1CS(=O)(=O)c1ccccc1. The predicted molar refractivity (Wildman–Crippen MR) is 96.9 cm³/mol. The minimum atomic E-state index is -3.40. The summed E-state index contributed by atoms with van der Waals surface area (Å²) in [7, 11) is -3.40. The Balaban J connectivity index is 1.63. The molecule has 1 fully saturated rings. The molecule has 25 heavy (non-hydrogen) atoms. The maximum absolute atomic E-state index is 12.6. The van der Waals surface area contributed by atoms with E-state index in [9.17, 15) is 13.2 Å². The molecule has 3 rings (SSSR count). The number of likely N-dealkylation sites (tertiary alicyclic amines) is 1. The Morgan fingerprint density at radius 2 is 1.68 bits per heavy atom. The van der Waals surface area contributed by atoms with Crippen molar-refractivity contribution in [3.05, 3.63) is 66.2 Å². The lowest BCUT2D eigenvalue weighted by Crippen LogP contribution is -2.45. The number of carbonyl (C=O) groups is 1. The van der Waals surface area contributed by atoms with Gasteiger partial charge in [0.1, 0.15) is 0 Å². The zero-order chi connectivity index (χ0) is 17.7. The number of benzene rings is 2. The molecule has 0 radical (unpaired) electrons. The van der Waals surface area contributed by atoms with Gasteiger partial charge in [0.05, 0.1) is 10.6 Å². The van der Waals surface area contributed by atoms with Gasteiger partial charge in [-0.25, -0.2) is 13.2 Å². The fraction of sp³-hybridized carbons (Fsp3) is 0.316. The van der Waals surface area contributed by atoms with Crippen molar-refractivity contribution in [2.24, 2.45) is 0 Å². The number of hydrogen-bond acceptors (Lipinski definition) is 3. The number of nitrogens with zero attached hydrogens (tertiary/aromatic N) is 1. The van der Waals surface area contributed by atoms with Crippen LogP contribution in [0.25, 0.3) is 0 Å². The lowest BCUT2D eigenvalue weighted by molar-refractivity contribution is 0.196. The van der Waals surface area contributed by atoms with Gasteiger partial charge < -0.3 is 10.2 Å². The third-order valence-corrected chi connectivity index (χ3v) is 6.25. The highest BCUT2D eigenvalue weighted by Crippen LogP contribution is 2.22. The normalized spacial score (nSPS) is 17.4. The van der Waals surface area contributed by atoms with Crippen LogP contribution in [0.1, 0.15) is 18.4 Å². The predicted octanol–water partition coefficient (Wildman–Crippen LogP) is 2.83. The highest BCUT2D eigenvalue weighted by atomic mass is 32.2. The van der Waals surface area contributed by atoms with Crippen molar-refractivity contribution >= 4 is 15.9 Å². The molecule has 1 atom stereocenters. The fourth-order valence-corrected chi connectivity index (χ4v) is 4.75. The van der Waals surface area contributed by atoms with Crippen LogP contribution >= 0.6 is 0 Å². The Labute approximate surface area is 148 Å². The van der Waals surface area contributed by atoms with E-state index in [1.165, 1.54) is 0 Å². The molecule has 0 spiro atoms. The molecule has 1 N–H and O–H groups in total. The van der Waals surface area contributed by atoms with Crippen LogP contribution in [-0.2, 0) is 16.4 Å². The number of hydrogen-bond donors (Lipinski definition) is 1. The number of sulfone groups is 1. The van der Waals surface area contributed by atoms with Crippen LogP contribution in [0.5, 0.6) is 0 Å². The van der Waals surface area contributed by atoms with E-state index in [-0.39, 0.29) is 17.8 Å². The summed E-state index contributed by atoms with van der Waals surface area (Å²) in [6.07, 6.45) is 1.54. The lowest BCUT2D eigenvalue weighted by Gasteiger charge is -2.25. The van der Waals surface area contributed by atoms with Gasteiger partial charge in [0.15, 0.2) is 9.84 Å². The van der Waals surface area contributed by atoms with E-state index in [1.807, 2.05) is 30.3 Å². The van der Waals surface area contributed by atoms with E-state index in [0.717, 1.165) is 12.0 Å². The summed E-state index contributed by atoms with van der Waals surface area (Å²) in [5, 5.41) is 2.89. The first-order chi connectivity index (χ1) is 12.1. The Morgan fingerprint density at radius 3 is 2.36 bits per heavy atom. The van der Waals surface area contributed by atoms with Crippen LogP contribution < -0.4 is 5.32 Å². The van der Waals surface area contributed by atoms with Crippen LogP contribution in [0, 0.1) is 0 Å². The van der Waals surface area contributed by atoms with Crippen LogP contribution in [0.4, 0.5) is 4.79 Å². The van der Waals surface area contributed by atoms with E-state index < -0.39 is 9.84 Å². The maximum Gasteiger partial charge on any atom is 0.317 e. The molecule has 1 aliphatic heterocycles. The van der Waals surface area contributed by atoms with Crippen LogP contribution in [0.15, 0.2) is 65.6 Å². The molecule has 1 aliphatic rings. The van der Waals surface area contributed by atoms with Crippen LogP contribution in [0.2, 0.25) is 0 Å². The second kappa shape index (κ2) is 7.70. The minimum Gasteiger partial charge on any atom is -0.334 e. The number of carbonyl (C=O) groups excluding carboxylic acids is 1. The molecule has 132 valence electrons. The summed E-state index contributed by atoms with van der Waals surface area (Å²) in [5.41, 5.74) is 1.02. The van der Waals surface area contributed by atoms with Crippen molar-refractivity contribution in [3.8, 4) is 0 Å². The molecule has 5 nitrogen and oxygen atoms in total. The topological polar surface area (TPSA) is 66.5 Å². The second-order valence-electron chi connectivity index (χ2n) is 6.23. The molecule has 2 aromatic rings. The molecule has 1 saturated heterocycles. The minimum absolute atomic E-state index is 0.0320. The van der Waals surface area contributed by atoms with Crippen LogP contribution in [-0.4, -0.2) is 37.7 Å². The average molecular weight is 358 g/mol. The van der Waals surface area contributed by atoms with Crippen molar-refractivity contribution in [1.29, 1.82) is 0 Å². The van der Waals surface area contributed by atoms with Gasteiger partial charge in [-0.3, -0.25) is 0 Å². The number of urea groups is 1. The Bertz CT molecular complexity index is 807. The first-order valence-electron chi connectivity index (χ1n) is 8.42. The quantitative estimate of drug-likeness (QED) is 0.894. The summed E-state index contributed by atoms with van der Waals surface area (Å²) >= 11 is 0. The molecule has 0 bridgehead atoms. The summed E-state index contributed by atoms with van der Waals surface area (Å²) < 4.78 is 25.2. The highest BCUT2D eigenvalue weighted by Gasteiger charge is 2.32. The monoisotopic (exact) mass is 358 g/mol. The number of nitrogens with one attached hydrogen (secondary N) is 1. The smallest absolute Gasteiger partial charge is 0.317 e. The Morgan fingerprint density at radius 1 is 1.04 bits per heavy atom. The molecule has 2 aromatic carbocycles. The van der Waals surface area contributed by atoms with Crippen molar-refractivity contribution in [2.45, 2.75) is 30.3 Å². The van der Waals surface area contributed by atoms with E-state index in [1.54, 1.807) is 35.2 Å². The van der Waals surface area contributed by atoms with Gasteiger partial charge in [0.25, 0.3) is 0 Å². The third kappa shape index (κ3) is 4.39. The first kappa shape index (κ1) is 17.5. The highest BCUT2D eigenvalue weighted by molar-refractivity contribution is 7.91. The molecule has 0 saturated carbocycles.